The SMILES string of the molecule is Cc1c(C(=O)N2CCCN(C(=O)c3ccccc3F)CC2)oc2ccccc12. The molecule has 144 valence electrons. The second-order valence-electron chi connectivity index (χ2n) is 6.97. The summed E-state index contributed by atoms with van der Waals surface area (Å²) in [5, 5.41) is 0.928. The zero-order valence-corrected chi connectivity index (χ0v) is 15.7. The van der Waals surface area contributed by atoms with Crippen LogP contribution in [0.4, 0.5) is 4.39 Å². The van der Waals surface area contributed by atoms with Gasteiger partial charge in [-0.1, -0.05) is 30.3 Å². The number of hydrogen-bond donors (Lipinski definition) is 0. The first kappa shape index (κ1) is 18.2. The van der Waals surface area contributed by atoms with Gasteiger partial charge in [-0.15, -0.1) is 0 Å². The van der Waals surface area contributed by atoms with Gasteiger partial charge >= 0.3 is 0 Å². The third-order valence-corrected chi connectivity index (χ3v) is 5.21. The Morgan fingerprint density at radius 3 is 2.25 bits per heavy atom. The van der Waals surface area contributed by atoms with Crippen molar-refractivity contribution in [2.24, 2.45) is 0 Å². The second kappa shape index (κ2) is 7.46. The van der Waals surface area contributed by atoms with Gasteiger partial charge in [0.15, 0.2) is 5.76 Å². The first-order valence-electron chi connectivity index (χ1n) is 9.37. The average Bonchev–Trinajstić information content (AvgIpc) is 2.89. The van der Waals surface area contributed by atoms with E-state index in [2.05, 4.69) is 0 Å². The average molecular weight is 380 g/mol. The summed E-state index contributed by atoms with van der Waals surface area (Å²) in [4.78, 5) is 29.0. The van der Waals surface area contributed by atoms with Crippen LogP contribution in [-0.2, 0) is 0 Å². The lowest BCUT2D eigenvalue weighted by Crippen LogP contribution is -2.37. The van der Waals surface area contributed by atoms with Crippen LogP contribution in [0.15, 0.2) is 52.9 Å². The van der Waals surface area contributed by atoms with Gasteiger partial charge in [0.25, 0.3) is 11.8 Å². The Morgan fingerprint density at radius 1 is 0.893 bits per heavy atom. The summed E-state index contributed by atoms with van der Waals surface area (Å²) in [5.41, 5.74) is 1.58. The van der Waals surface area contributed by atoms with E-state index in [0.29, 0.717) is 43.9 Å². The fourth-order valence-electron chi connectivity index (χ4n) is 3.65. The highest BCUT2D eigenvalue weighted by molar-refractivity contribution is 5.99. The lowest BCUT2D eigenvalue weighted by atomic mass is 10.1. The molecule has 1 fully saturated rings. The third kappa shape index (κ3) is 3.26. The third-order valence-electron chi connectivity index (χ3n) is 5.21. The topological polar surface area (TPSA) is 53.8 Å². The smallest absolute Gasteiger partial charge is 0.289 e. The van der Waals surface area contributed by atoms with Crippen molar-refractivity contribution in [1.29, 1.82) is 0 Å². The van der Waals surface area contributed by atoms with Crippen molar-refractivity contribution in [3.63, 3.8) is 0 Å². The maximum atomic E-state index is 13.9. The molecule has 0 aliphatic carbocycles. The molecule has 1 aliphatic rings. The van der Waals surface area contributed by atoms with E-state index >= 15 is 0 Å². The van der Waals surface area contributed by atoms with E-state index < -0.39 is 5.82 Å². The van der Waals surface area contributed by atoms with E-state index in [-0.39, 0.29) is 17.4 Å². The number of nitrogens with zero attached hydrogens (tertiary/aromatic N) is 2. The van der Waals surface area contributed by atoms with Gasteiger partial charge in [0.2, 0.25) is 0 Å². The quantitative estimate of drug-likeness (QED) is 0.678. The van der Waals surface area contributed by atoms with Crippen LogP contribution >= 0.6 is 0 Å². The van der Waals surface area contributed by atoms with Crippen molar-refractivity contribution >= 4 is 22.8 Å². The monoisotopic (exact) mass is 380 g/mol. The van der Waals surface area contributed by atoms with Gasteiger partial charge in [-0.2, -0.15) is 0 Å². The molecule has 1 aromatic heterocycles. The molecule has 0 atom stereocenters. The van der Waals surface area contributed by atoms with Crippen LogP contribution in [0.25, 0.3) is 11.0 Å². The van der Waals surface area contributed by atoms with Crippen molar-refractivity contribution in [2.45, 2.75) is 13.3 Å². The normalized spacial score (nSPS) is 14.9. The fourth-order valence-corrected chi connectivity index (χ4v) is 3.65. The number of benzene rings is 2. The molecule has 0 saturated carbocycles. The Morgan fingerprint density at radius 2 is 1.54 bits per heavy atom. The summed E-state index contributed by atoms with van der Waals surface area (Å²) in [6.45, 7) is 3.63. The molecule has 3 aromatic rings. The van der Waals surface area contributed by atoms with Crippen molar-refractivity contribution in [3.8, 4) is 0 Å². The maximum absolute atomic E-state index is 13.9. The molecule has 0 N–H and O–H groups in total. The molecular weight excluding hydrogens is 359 g/mol. The first-order valence-corrected chi connectivity index (χ1v) is 9.37. The van der Waals surface area contributed by atoms with Crippen LogP contribution in [0, 0.1) is 12.7 Å². The van der Waals surface area contributed by atoms with Gasteiger partial charge in [-0.25, -0.2) is 4.39 Å². The molecule has 0 radical (unpaired) electrons. The number of rotatable bonds is 2. The van der Waals surface area contributed by atoms with Gasteiger partial charge < -0.3 is 14.2 Å². The van der Waals surface area contributed by atoms with E-state index in [9.17, 15) is 14.0 Å². The van der Waals surface area contributed by atoms with E-state index in [4.69, 9.17) is 4.42 Å². The first-order chi connectivity index (χ1) is 13.6. The van der Waals surface area contributed by atoms with Crippen molar-refractivity contribution in [1.82, 2.24) is 9.80 Å². The minimum atomic E-state index is -0.525. The molecule has 2 aromatic carbocycles. The Hall–Kier alpha value is -3.15. The number of para-hydroxylation sites is 1. The van der Waals surface area contributed by atoms with Crippen LogP contribution < -0.4 is 0 Å². The number of furan rings is 1. The van der Waals surface area contributed by atoms with Crippen LogP contribution in [0.1, 0.15) is 32.9 Å². The molecule has 6 heteroatoms. The molecule has 2 amide bonds. The summed E-state index contributed by atoms with van der Waals surface area (Å²) >= 11 is 0. The number of hydrogen-bond acceptors (Lipinski definition) is 3. The van der Waals surface area contributed by atoms with Crippen LogP contribution in [0.5, 0.6) is 0 Å². The minimum absolute atomic E-state index is 0.0652. The molecular formula is C22H21FN2O3. The van der Waals surface area contributed by atoms with Gasteiger partial charge in [-0.05, 0) is 31.5 Å². The lowest BCUT2D eigenvalue weighted by Gasteiger charge is -2.22. The zero-order valence-electron chi connectivity index (χ0n) is 15.7. The number of carbonyl (C=O) groups excluding carboxylic acids is 2. The standard InChI is InChI=1S/C22H21FN2O3/c1-15-16-7-3-5-10-19(16)28-20(15)22(27)25-12-6-11-24(13-14-25)21(26)17-8-2-4-9-18(17)23/h2-5,7-10H,6,11-14H2,1H3. The van der Waals surface area contributed by atoms with Crippen molar-refractivity contribution in [2.75, 3.05) is 26.2 Å². The van der Waals surface area contributed by atoms with Gasteiger partial charge in [0, 0.05) is 37.1 Å². The van der Waals surface area contributed by atoms with E-state index in [1.165, 1.54) is 12.1 Å². The summed E-state index contributed by atoms with van der Waals surface area (Å²) in [7, 11) is 0. The molecule has 1 saturated heterocycles. The molecule has 4 rings (SSSR count). The van der Waals surface area contributed by atoms with Gasteiger partial charge in [-0.3, -0.25) is 9.59 Å². The summed E-state index contributed by atoms with van der Waals surface area (Å²) in [6.07, 6.45) is 0.630. The van der Waals surface area contributed by atoms with Crippen molar-refractivity contribution in [3.05, 3.63) is 71.2 Å². The molecule has 0 bridgehead atoms. The largest absolute Gasteiger partial charge is 0.451 e. The summed E-state index contributed by atoms with van der Waals surface area (Å²) < 4.78 is 19.7. The maximum Gasteiger partial charge on any atom is 0.289 e. The Kier molecular flexibility index (Phi) is 4.86. The minimum Gasteiger partial charge on any atom is -0.451 e. The molecule has 0 spiro atoms. The highest BCUT2D eigenvalue weighted by Crippen LogP contribution is 2.26. The van der Waals surface area contributed by atoms with E-state index in [0.717, 1.165) is 10.9 Å². The number of carbonyl (C=O) groups is 2. The second-order valence-corrected chi connectivity index (χ2v) is 6.97. The van der Waals surface area contributed by atoms with E-state index in [1.807, 2.05) is 31.2 Å². The van der Waals surface area contributed by atoms with Crippen LogP contribution in [-0.4, -0.2) is 47.8 Å². The lowest BCUT2D eigenvalue weighted by molar-refractivity contribution is 0.0699. The molecule has 0 unspecified atom stereocenters. The number of amides is 2. The summed E-state index contributed by atoms with van der Waals surface area (Å²) in [6, 6.07) is 13.5. The van der Waals surface area contributed by atoms with Crippen LogP contribution in [0.3, 0.4) is 0 Å². The van der Waals surface area contributed by atoms with E-state index in [1.54, 1.807) is 21.9 Å². The predicted molar refractivity (Wildman–Crippen MR) is 104 cm³/mol. The molecule has 28 heavy (non-hydrogen) atoms. The highest BCUT2D eigenvalue weighted by Gasteiger charge is 2.27. The molecule has 2 heterocycles. The number of fused-ring (bicyclic) bond motifs is 1. The molecule has 5 nitrogen and oxygen atoms in total. The number of halogens is 1. The van der Waals surface area contributed by atoms with Gasteiger partial charge in [0.05, 0.1) is 5.56 Å². The fraction of sp³-hybridized carbons (Fsp3) is 0.273. The molecule has 1 aliphatic heterocycles. The highest BCUT2D eigenvalue weighted by atomic mass is 19.1. The summed E-state index contributed by atoms with van der Waals surface area (Å²) in [5.74, 6) is -0.695. The Bertz CT molecular complexity index is 1040. The predicted octanol–water partition coefficient (Wildman–Crippen LogP) is 3.87. The van der Waals surface area contributed by atoms with Crippen molar-refractivity contribution < 1.29 is 18.4 Å². The Balaban J connectivity index is 1.50. The Labute approximate surface area is 162 Å². The zero-order chi connectivity index (χ0) is 19.7. The number of aryl methyl sites for hydroxylation is 1. The van der Waals surface area contributed by atoms with Crippen LogP contribution in [0.2, 0.25) is 0 Å². The van der Waals surface area contributed by atoms with Gasteiger partial charge in [0.1, 0.15) is 11.4 Å².